The third kappa shape index (κ3) is 5.31. The van der Waals surface area contributed by atoms with Crippen molar-refractivity contribution in [1.29, 1.82) is 0 Å². The van der Waals surface area contributed by atoms with Crippen LogP contribution in [0.2, 0.25) is 0 Å². The first-order valence-corrected chi connectivity index (χ1v) is 7.33. The number of hydrogen-bond donors (Lipinski definition) is 2. The molecule has 8 nitrogen and oxygen atoms in total. The second-order valence-corrected chi connectivity index (χ2v) is 5.31. The van der Waals surface area contributed by atoms with Crippen molar-refractivity contribution < 1.29 is 24.4 Å². The molecule has 0 aliphatic heterocycles. The summed E-state index contributed by atoms with van der Waals surface area (Å²) in [7, 11) is 0. The molecular weight excluding hydrogens is 328 g/mol. The molecular formula is C17H16N2O6. The zero-order valence-corrected chi connectivity index (χ0v) is 13.4. The summed E-state index contributed by atoms with van der Waals surface area (Å²) in [5.41, 5.74) is 1.92. The number of carbonyl (C=O) groups excluding carboxylic acids is 1. The lowest BCUT2D eigenvalue weighted by molar-refractivity contribution is -0.384. The van der Waals surface area contributed by atoms with Crippen LogP contribution >= 0.6 is 0 Å². The Balaban J connectivity index is 1.97. The number of amides is 1. The van der Waals surface area contributed by atoms with E-state index < -0.39 is 17.5 Å². The van der Waals surface area contributed by atoms with Crippen LogP contribution in [-0.4, -0.2) is 28.5 Å². The van der Waals surface area contributed by atoms with Gasteiger partial charge in [0.2, 0.25) is 5.91 Å². The van der Waals surface area contributed by atoms with Crippen LogP contribution in [0.25, 0.3) is 0 Å². The first-order valence-electron chi connectivity index (χ1n) is 7.33. The third-order valence-corrected chi connectivity index (χ3v) is 3.35. The molecule has 0 heterocycles. The Hall–Kier alpha value is -3.42. The molecule has 0 aromatic heterocycles. The average Bonchev–Trinajstić information content (AvgIpc) is 2.55. The van der Waals surface area contributed by atoms with Gasteiger partial charge in [0.05, 0.1) is 11.3 Å². The Kier molecular flexibility index (Phi) is 5.67. The number of non-ortho nitro benzene ring substituents is 1. The molecule has 0 aliphatic rings. The molecule has 0 saturated heterocycles. The minimum absolute atomic E-state index is 0.0306. The molecule has 0 spiro atoms. The number of aryl methyl sites for hydroxylation is 1. The summed E-state index contributed by atoms with van der Waals surface area (Å²) in [4.78, 5) is 32.7. The molecule has 0 radical (unpaired) electrons. The Labute approximate surface area is 143 Å². The maximum absolute atomic E-state index is 12.1. The number of hydrogen-bond acceptors (Lipinski definition) is 5. The van der Waals surface area contributed by atoms with Gasteiger partial charge in [0.15, 0.2) is 6.61 Å². The van der Waals surface area contributed by atoms with Gasteiger partial charge in [-0.1, -0.05) is 12.1 Å². The van der Waals surface area contributed by atoms with Crippen molar-refractivity contribution in [2.75, 3.05) is 11.9 Å². The van der Waals surface area contributed by atoms with Gasteiger partial charge >= 0.3 is 5.97 Å². The van der Waals surface area contributed by atoms with E-state index in [9.17, 15) is 19.7 Å². The highest BCUT2D eigenvalue weighted by Gasteiger charge is 2.09. The summed E-state index contributed by atoms with van der Waals surface area (Å²) in [6.07, 6.45) is 0.0781. The predicted octanol–water partition coefficient (Wildman–Crippen LogP) is 2.55. The fourth-order valence-electron chi connectivity index (χ4n) is 2.13. The summed E-state index contributed by atoms with van der Waals surface area (Å²) in [6.45, 7) is 1.32. The van der Waals surface area contributed by atoms with E-state index in [1.54, 1.807) is 25.1 Å². The van der Waals surface area contributed by atoms with E-state index in [-0.39, 0.29) is 18.0 Å². The standard InChI is InChI=1S/C17H16N2O6/c1-11-8-14(25-10-17(21)22)6-7-15(11)18-16(20)9-12-2-4-13(5-3-12)19(23)24/h2-8H,9-10H2,1H3,(H,18,20)(H,21,22). The van der Waals surface area contributed by atoms with Gasteiger partial charge in [-0.05, 0) is 36.2 Å². The van der Waals surface area contributed by atoms with Gasteiger partial charge in [-0.3, -0.25) is 14.9 Å². The zero-order valence-electron chi connectivity index (χ0n) is 13.4. The van der Waals surface area contributed by atoms with Gasteiger partial charge in [0.25, 0.3) is 5.69 Å². The molecule has 130 valence electrons. The van der Waals surface area contributed by atoms with Crippen molar-refractivity contribution in [2.45, 2.75) is 13.3 Å². The number of carboxylic acid groups (broad SMARTS) is 1. The molecule has 2 aromatic carbocycles. The van der Waals surface area contributed by atoms with Gasteiger partial charge in [0, 0.05) is 17.8 Å². The number of anilines is 1. The van der Waals surface area contributed by atoms with Crippen molar-refractivity contribution in [3.8, 4) is 5.75 Å². The zero-order chi connectivity index (χ0) is 18.4. The number of ether oxygens (including phenoxy) is 1. The Bertz CT molecular complexity index is 801. The molecule has 2 rings (SSSR count). The van der Waals surface area contributed by atoms with Gasteiger partial charge in [-0.2, -0.15) is 0 Å². The highest BCUT2D eigenvalue weighted by atomic mass is 16.6. The van der Waals surface area contributed by atoms with Crippen LogP contribution in [0.4, 0.5) is 11.4 Å². The van der Waals surface area contributed by atoms with Crippen LogP contribution in [0.1, 0.15) is 11.1 Å². The van der Waals surface area contributed by atoms with E-state index in [4.69, 9.17) is 9.84 Å². The summed E-state index contributed by atoms with van der Waals surface area (Å²) in [6, 6.07) is 10.6. The lowest BCUT2D eigenvalue weighted by Crippen LogP contribution is -2.15. The lowest BCUT2D eigenvalue weighted by Gasteiger charge is -2.10. The number of carbonyl (C=O) groups is 2. The Morgan fingerprint density at radius 3 is 2.44 bits per heavy atom. The number of nitrogens with one attached hydrogen (secondary N) is 1. The molecule has 2 aromatic rings. The van der Waals surface area contributed by atoms with Crippen molar-refractivity contribution in [3.63, 3.8) is 0 Å². The first kappa shape index (κ1) is 17.9. The molecule has 0 saturated carbocycles. The summed E-state index contributed by atoms with van der Waals surface area (Å²) >= 11 is 0. The Morgan fingerprint density at radius 2 is 1.88 bits per heavy atom. The fraction of sp³-hybridized carbons (Fsp3) is 0.176. The van der Waals surface area contributed by atoms with Crippen molar-refractivity contribution in [3.05, 3.63) is 63.7 Å². The second-order valence-electron chi connectivity index (χ2n) is 5.31. The smallest absolute Gasteiger partial charge is 0.341 e. The monoisotopic (exact) mass is 344 g/mol. The Morgan fingerprint density at radius 1 is 1.20 bits per heavy atom. The quantitative estimate of drug-likeness (QED) is 0.588. The van der Waals surface area contributed by atoms with E-state index in [1.807, 2.05) is 0 Å². The SMILES string of the molecule is Cc1cc(OCC(=O)O)ccc1NC(=O)Cc1ccc([N+](=O)[O-])cc1. The molecule has 0 unspecified atom stereocenters. The first-order chi connectivity index (χ1) is 11.8. The van der Waals surface area contributed by atoms with E-state index in [0.29, 0.717) is 17.0 Å². The molecule has 0 bridgehead atoms. The van der Waals surface area contributed by atoms with E-state index >= 15 is 0 Å². The topological polar surface area (TPSA) is 119 Å². The highest BCUT2D eigenvalue weighted by molar-refractivity contribution is 5.93. The van der Waals surface area contributed by atoms with Crippen molar-refractivity contribution in [2.24, 2.45) is 0 Å². The van der Waals surface area contributed by atoms with Gasteiger partial charge < -0.3 is 15.2 Å². The number of benzene rings is 2. The number of carboxylic acids is 1. The van der Waals surface area contributed by atoms with Crippen LogP contribution in [0.5, 0.6) is 5.75 Å². The number of nitro groups is 1. The number of nitro benzene ring substituents is 1. The van der Waals surface area contributed by atoms with Crippen LogP contribution in [0.15, 0.2) is 42.5 Å². The summed E-state index contributed by atoms with van der Waals surface area (Å²) in [5, 5.41) is 21.9. The highest BCUT2D eigenvalue weighted by Crippen LogP contribution is 2.22. The van der Waals surface area contributed by atoms with Crippen molar-refractivity contribution >= 4 is 23.3 Å². The van der Waals surface area contributed by atoms with Crippen LogP contribution in [0.3, 0.4) is 0 Å². The maximum atomic E-state index is 12.1. The summed E-state index contributed by atoms with van der Waals surface area (Å²) in [5.74, 6) is -0.942. The van der Waals surface area contributed by atoms with E-state index in [2.05, 4.69) is 5.32 Å². The van der Waals surface area contributed by atoms with Gasteiger partial charge in [-0.15, -0.1) is 0 Å². The molecule has 1 amide bonds. The minimum atomic E-state index is -1.07. The summed E-state index contributed by atoms with van der Waals surface area (Å²) < 4.78 is 5.07. The van der Waals surface area contributed by atoms with Crippen LogP contribution in [0, 0.1) is 17.0 Å². The fourth-order valence-corrected chi connectivity index (χ4v) is 2.13. The number of nitrogens with zero attached hydrogens (tertiary/aromatic N) is 1. The minimum Gasteiger partial charge on any atom is -0.482 e. The molecule has 0 fully saturated rings. The molecule has 0 aliphatic carbocycles. The maximum Gasteiger partial charge on any atom is 0.341 e. The lowest BCUT2D eigenvalue weighted by atomic mass is 10.1. The van der Waals surface area contributed by atoms with E-state index in [0.717, 1.165) is 5.56 Å². The second kappa shape index (κ2) is 7.91. The van der Waals surface area contributed by atoms with Gasteiger partial charge in [0.1, 0.15) is 5.75 Å². The number of aliphatic carboxylic acids is 1. The van der Waals surface area contributed by atoms with Crippen molar-refractivity contribution in [1.82, 2.24) is 0 Å². The third-order valence-electron chi connectivity index (χ3n) is 3.35. The molecule has 25 heavy (non-hydrogen) atoms. The normalized spacial score (nSPS) is 10.1. The molecule has 2 N–H and O–H groups in total. The van der Waals surface area contributed by atoms with Crippen LogP contribution < -0.4 is 10.1 Å². The average molecular weight is 344 g/mol. The van der Waals surface area contributed by atoms with E-state index in [1.165, 1.54) is 24.3 Å². The predicted molar refractivity (Wildman–Crippen MR) is 89.7 cm³/mol. The molecule has 0 atom stereocenters. The molecule has 8 heteroatoms. The number of rotatable bonds is 7. The largest absolute Gasteiger partial charge is 0.482 e. The van der Waals surface area contributed by atoms with Gasteiger partial charge in [-0.25, -0.2) is 4.79 Å². The van der Waals surface area contributed by atoms with Crippen LogP contribution in [-0.2, 0) is 16.0 Å².